The van der Waals surface area contributed by atoms with Gasteiger partial charge >= 0.3 is 5.97 Å². The molecule has 2 unspecified atom stereocenters. The lowest BCUT2D eigenvalue weighted by Crippen LogP contribution is -2.37. The lowest BCUT2D eigenvalue weighted by molar-refractivity contribution is -0.151. The van der Waals surface area contributed by atoms with Gasteiger partial charge < -0.3 is 15.2 Å². The third-order valence-corrected chi connectivity index (χ3v) is 4.37. The van der Waals surface area contributed by atoms with Gasteiger partial charge in [0.15, 0.2) is 6.10 Å². The molecule has 2 N–H and O–H groups in total. The number of aliphatic carboxylic acids is 1. The first-order valence-electron chi connectivity index (χ1n) is 5.90. The smallest absolute Gasteiger partial charge is 0.332 e. The molecular formula is C11H19NO5S. The molecule has 0 bridgehead atoms. The van der Waals surface area contributed by atoms with Crippen LogP contribution in [0.4, 0.5) is 0 Å². The SMILES string of the molecule is CC(CCNC(=O)[C@@H]1CC[C@H](C(=O)O)O1)S(C)=O. The number of carbonyl (C=O) groups is 2. The fraction of sp³-hybridized carbons (Fsp3) is 0.818. The van der Waals surface area contributed by atoms with E-state index in [1.807, 2.05) is 6.92 Å². The highest BCUT2D eigenvalue weighted by Gasteiger charge is 2.34. The number of amides is 1. The molecule has 0 aromatic carbocycles. The highest BCUT2D eigenvalue weighted by Crippen LogP contribution is 2.19. The zero-order valence-electron chi connectivity index (χ0n) is 10.5. The molecule has 0 radical (unpaired) electrons. The molecule has 18 heavy (non-hydrogen) atoms. The molecule has 1 heterocycles. The van der Waals surface area contributed by atoms with Gasteiger partial charge in [-0.05, 0) is 19.3 Å². The van der Waals surface area contributed by atoms with Crippen molar-refractivity contribution in [3.05, 3.63) is 0 Å². The first-order chi connectivity index (χ1) is 8.41. The first-order valence-corrected chi connectivity index (χ1v) is 7.52. The van der Waals surface area contributed by atoms with Crippen molar-refractivity contribution in [2.45, 2.75) is 43.6 Å². The van der Waals surface area contributed by atoms with Crippen molar-refractivity contribution in [3.8, 4) is 0 Å². The summed E-state index contributed by atoms with van der Waals surface area (Å²) in [6, 6.07) is 0. The van der Waals surface area contributed by atoms with Gasteiger partial charge in [-0.3, -0.25) is 9.00 Å². The van der Waals surface area contributed by atoms with E-state index in [9.17, 15) is 13.8 Å². The Hall–Kier alpha value is -0.950. The third kappa shape index (κ3) is 4.38. The van der Waals surface area contributed by atoms with E-state index in [0.29, 0.717) is 25.8 Å². The van der Waals surface area contributed by atoms with Crippen molar-refractivity contribution < 1.29 is 23.6 Å². The quantitative estimate of drug-likeness (QED) is 0.707. The van der Waals surface area contributed by atoms with Crippen LogP contribution in [0, 0.1) is 0 Å². The van der Waals surface area contributed by atoms with Gasteiger partial charge in [0, 0.05) is 28.9 Å². The Kier molecular flexibility index (Phi) is 5.74. The van der Waals surface area contributed by atoms with Gasteiger partial charge in [0.05, 0.1) is 0 Å². The Balaban J connectivity index is 2.26. The number of hydrogen-bond acceptors (Lipinski definition) is 4. The number of carbonyl (C=O) groups excluding carboxylic acids is 1. The van der Waals surface area contributed by atoms with Crippen LogP contribution in [0.2, 0.25) is 0 Å². The summed E-state index contributed by atoms with van der Waals surface area (Å²) in [5, 5.41) is 11.4. The van der Waals surface area contributed by atoms with Crippen LogP contribution < -0.4 is 5.32 Å². The predicted molar refractivity (Wildman–Crippen MR) is 66.7 cm³/mol. The summed E-state index contributed by atoms with van der Waals surface area (Å²) >= 11 is 0. The van der Waals surface area contributed by atoms with Gasteiger partial charge in [0.1, 0.15) is 6.10 Å². The highest BCUT2D eigenvalue weighted by molar-refractivity contribution is 7.84. The minimum absolute atomic E-state index is 0.0292. The van der Waals surface area contributed by atoms with Crippen LogP contribution in [0.15, 0.2) is 0 Å². The van der Waals surface area contributed by atoms with Crippen molar-refractivity contribution in [3.63, 3.8) is 0 Å². The Morgan fingerprint density at radius 3 is 2.56 bits per heavy atom. The second-order valence-electron chi connectivity index (χ2n) is 4.42. The fourth-order valence-electron chi connectivity index (χ4n) is 1.69. The molecule has 1 saturated heterocycles. The molecule has 7 heteroatoms. The number of carboxylic acids is 1. The van der Waals surface area contributed by atoms with Crippen LogP contribution in [0.1, 0.15) is 26.2 Å². The van der Waals surface area contributed by atoms with E-state index in [-0.39, 0.29) is 11.2 Å². The number of carboxylic acid groups (broad SMARTS) is 1. The third-order valence-electron chi connectivity index (χ3n) is 3.00. The van der Waals surface area contributed by atoms with Gasteiger partial charge in [-0.25, -0.2) is 4.79 Å². The lowest BCUT2D eigenvalue weighted by atomic mass is 10.2. The molecule has 0 spiro atoms. The molecule has 0 aromatic heterocycles. The van der Waals surface area contributed by atoms with Gasteiger partial charge in [-0.1, -0.05) is 6.92 Å². The Morgan fingerprint density at radius 2 is 2.06 bits per heavy atom. The van der Waals surface area contributed by atoms with Crippen LogP contribution >= 0.6 is 0 Å². The molecule has 0 aliphatic carbocycles. The molecule has 1 rings (SSSR count). The van der Waals surface area contributed by atoms with Gasteiger partial charge in [-0.15, -0.1) is 0 Å². The van der Waals surface area contributed by atoms with Crippen LogP contribution in [0.25, 0.3) is 0 Å². The zero-order chi connectivity index (χ0) is 13.7. The molecule has 104 valence electrons. The summed E-state index contributed by atoms with van der Waals surface area (Å²) in [7, 11) is -0.899. The minimum Gasteiger partial charge on any atom is -0.479 e. The van der Waals surface area contributed by atoms with Gasteiger partial charge in [0.25, 0.3) is 0 Å². The second-order valence-corrected chi connectivity index (χ2v) is 6.22. The maximum Gasteiger partial charge on any atom is 0.332 e. The normalized spacial score (nSPS) is 26.6. The molecule has 1 aliphatic rings. The maximum atomic E-state index is 11.7. The number of hydrogen-bond donors (Lipinski definition) is 2. The van der Waals surface area contributed by atoms with E-state index in [1.165, 1.54) is 0 Å². The monoisotopic (exact) mass is 277 g/mol. The summed E-state index contributed by atoms with van der Waals surface area (Å²) in [4.78, 5) is 22.3. The largest absolute Gasteiger partial charge is 0.479 e. The molecule has 6 nitrogen and oxygen atoms in total. The highest BCUT2D eigenvalue weighted by atomic mass is 32.2. The molecule has 0 saturated carbocycles. The van der Waals surface area contributed by atoms with E-state index in [1.54, 1.807) is 6.26 Å². The number of ether oxygens (including phenoxy) is 1. The van der Waals surface area contributed by atoms with E-state index in [0.717, 1.165) is 0 Å². The standard InChI is InChI=1S/C11H19NO5S/c1-7(18(2)16)5-6-12-10(13)8-3-4-9(17-8)11(14)15/h7-9H,3-6H2,1-2H3,(H,12,13)(H,14,15)/t7?,8-,9+,18?/m0/s1. The fourth-order valence-corrected chi connectivity index (χ4v) is 2.14. The Morgan fingerprint density at radius 1 is 1.44 bits per heavy atom. The lowest BCUT2D eigenvalue weighted by Gasteiger charge is -2.13. The van der Waals surface area contributed by atoms with Crippen LogP contribution in [-0.4, -0.2) is 51.5 Å². The predicted octanol–water partition coefficient (Wildman–Crippen LogP) is -0.108. The Labute approximate surface area is 109 Å². The molecular weight excluding hydrogens is 258 g/mol. The summed E-state index contributed by atoms with van der Waals surface area (Å²) < 4.78 is 16.2. The molecule has 1 amide bonds. The molecule has 1 fully saturated rings. The van der Waals surface area contributed by atoms with Crippen molar-refractivity contribution in [1.82, 2.24) is 5.32 Å². The molecule has 1 aliphatic heterocycles. The maximum absolute atomic E-state index is 11.7. The van der Waals surface area contributed by atoms with E-state index >= 15 is 0 Å². The topological polar surface area (TPSA) is 92.7 Å². The van der Waals surface area contributed by atoms with E-state index < -0.39 is 29.0 Å². The van der Waals surface area contributed by atoms with E-state index in [4.69, 9.17) is 9.84 Å². The van der Waals surface area contributed by atoms with Crippen molar-refractivity contribution in [1.29, 1.82) is 0 Å². The van der Waals surface area contributed by atoms with Gasteiger partial charge in [-0.2, -0.15) is 0 Å². The zero-order valence-corrected chi connectivity index (χ0v) is 11.4. The average Bonchev–Trinajstić information content (AvgIpc) is 2.77. The van der Waals surface area contributed by atoms with Gasteiger partial charge in [0.2, 0.25) is 5.91 Å². The van der Waals surface area contributed by atoms with Crippen molar-refractivity contribution in [2.24, 2.45) is 0 Å². The van der Waals surface area contributed by atoms with Crippen molar-refractivity contribution >= 4 is 22.7 Å². The summed E-state index contributed by atoms with van der Waals surface area (Å²) in [5.41, 5.74) is 0. The minimum atomic E-state index is -1.03. The first kappa shape index (κ1) is 15.1. The van der Waals surface area contributed by atoms with Crippen LogP contribution in [0.5, 0.6) is 0 Å². The van der Waals surface area contributed by atoms with E-state index in [2.05, 4.69) is 5.32 Å². The molecule has 0 aromatic rings. The Bertz CT molecular complexity index is 346. The second kappa shape index (κ2) is 6.84. The van der Waals surface area contributed by atoms with Crippen molar-refractivity contribution in [2.75, 3.05) is 12.8 Å². The number of nitrogens with one attached hydrogen (secondary N) is 1. The summed E-state index contributed by atoms with van der Waals surface area (Å²) in [6.45, 7) is 2.28. The summed E-state index contributed by atoms with van der Waals surface area (Å²) in [6.07, 6.45) is 1.51. The average molecular weight is 277 g/mol. The summed E-state index contributed by atoms with van der Waals surface area (Å²) in [5.74, 6) is -1.31. The van der Waals surface area contributed by atoms with Crippen LogP contribution in [-0.2, 0) is 25.1 Å². The number of rotatable bonds is 6. The van der Waals surface area contributed by atoms with Crippen LogP contribution in [0.3, 0.4) is 0 Å². The molecule has 4 atom stereocenters.